The van der Waals surface area contributed by atoms with E-state index in [0.29, 0.717) is 18.4 Å². The van der Waals surface area contributed by atoms with Crippen molar-refractivity contribution in [2.24, 2.45) is 5.73 Å². The van der Waals surface area contributed by atoms with Gasteiger partial charge in [0.25, 0.3) is 0 Å². The Bertz CT molecular complexity index is 419. The van der Waals surface area contributed by atoms with Crippen LogP contribution in [0.1, 0.15) is 24.5 Å². The molecule has 0 aliphatic heterocycles. The van der Waals surface area contributed by atoms with Gasteiger partial charge in [-0.25, -0.2) is 4.98 Å². The van der Waals surface area contributed by atoms with E-state index in [1.54, 1.807) is 6.07 Å². The zero-order valence-corrected chi connectivity index (χ0v) is 9.25. The fraction of sp³-hybridized carbons (Fsp3) is 0.364. The highest BCUT2D eigenvalue weighted by Gasteiger charge is 2.05. The van der Waals surface area contributed by atoms with E-state index in [1.165, 1.54) is 6.20 Å². The highest BCUT2D eigenvalue weighted by molar-refractivity contribution is 5.77. The number of nitrogens with two attached hydrogens (primary N) is 1. The van der Waals surface area contributed by atoms with Gasteiger partial charge in [-0.2, -0.15) is 5.26 Å². The standard InChI is InChI=1S/C11H15N5/c1-2-15-11-9(3-4-10(13)14)5-8(6-12)7-16-11/h5,7H,2-4H2,1H3,(H3,13,14)(H,15,16). The molecule has 1 heterocycles. The van der Waals surface area contributed by atoms with Crippen molar-refractivity contribution in [1.29, 1.82) is 10.7 Å². The first-order chi connectivity index (χ1) is 7.67. The van der Waals surface area contributed by atoms with Crippen LogP contribution in [-0.4, -0.2) is 17.4 Å². The van der Waals surface area contributed by atoms with E-state index < -0.39 is 0 Å². The minimum Gasteiger partial charge on any atom is -0.388 e. The monoisotopic (exact) mass is 217 g/mol. The van der Waals surface area contributed by atoms with Crippen molar-refractivity contribution >= 4 is 11.7 Å². The molecule has 0 fully saturated rings. The third-order valence-corrected chi connectivity index (χ3v) is 2.10. The lowest BCUT2D eigenvalue weighted by Crippen LogP contribution is -2.12. The topological polar surface area (TPSA) is 98.6 Å². The van der Waals surface area contributed by atoms with Gasteiger partial charge in [-0.1, -0.05) is 0 Å². The predicted octanol–water partition coefficient (Wildman–Crippen LogP) is 1.25. The van der Waals surface area contributed by atoms with E-state index in [1.807, 2.05) is 13.0 Å². The number of hydrogen-bond acceptors (Lipinski definition) is 4. The van der Waals surface area contributed by atoms with Crippen LogP contribution < -0.4 is 11.1 Å². The zero-order valence-electron chi connectivity index (χ0n) is 9.25. The molecule has 1 aromatic heterocycles. The smallest absolute Gasteiger partial charge is 0.129 e. The summed E-state index contributed by atoms with van der Waals surface area (Å²) < 4.78 is 0. The van der Waals surface area contributed by atoms with Crippen molar-refractivity contribution in [2.45, 2.75) is 19.8 Å². The van der Waals surface area contributed by atoms with Gasteiger partial charge >= 0.3 is 0 Å². The molecule has 0 saturated carbocycles. The van der Waals surface area contributed by atoms with Crippen LogP contribution >= 0.6 is 0 Å². The van der Waals surface area contributed by atoms with Crippen molar-refractivity contribution < 1.29 is 0 Å². The van der Waals surface area contributed by atoms with Gasteiger partial charge in [-0.3, -0.25) is 5.41 Å². The molecule has 84 valence electrons. The molecule has 5 nitrogen and oxygen atoms in total. The van der Waals surface area contributed by atoms with Gasteiger partial charge in [-0.15, -0.1) is 0 Å². The first-order valence-corrected chi connectivity index (χ1v) is 5.13. The second kappa shape index (κ2) is 5.71. The number of aromatic nitrogens is 1. The molecule has 0 aliphatic carbocycles. The van der Waals surface area contributed by atoms with Gasteiger partial charge in [-0.05, 0) is 25.0 Å². The third kappa shape index (κ3) is 3.24. The third-order valence-electron chi connectivity index (χ3n) is 2.10. The van der Waals surface area contributed by atoms with Crippen LogP contribution in [0.2, 0.25) is 0 Å². The summed E-state index contributed by atoms with van der Waals surface area (Å²) in [5.74, 6) is 0.910. The molecule has 0 aliphatic rings. The van der Waals surface area contributed by atoms with E-state index in [-0.39, 0.29) is 5.84 Å². The number of aryl methyl sites for hydroxylation is 1. The van der Waals surface area contributed by atoms with Crippen LogP contribution in [0.4, 0.5) is 5.82 Å². The minimum absolute atomic E-state index is 0.143. The van der Waals surface area contributed by atoms with E-state index >= 15 is 0 Å². The first kappa shape index (κ1) is 12.0. The number of amidine groups is 1. The van der Waals surface area contributed by atoms with Gasteiger partial charge in [0.05, 0.1) is 11.4 Å². The molecular weight excluding hydrogens is 202 g/mol. The Morgan fingerprint density at radius 1 is 1.69 bits per heavy atom. The molecule has 5 heteroatoms. The number of hydrogen-bond donors (Lipinski definition) is 3. The summed E-state index contributed by atoms with van der Waals surface area (Å²) in [7, 11) is 0. The molecule has 16 heavy (non-hydrogen) atoms. The van der Waals surface area contributed by atoms with Gasteiger partial charge in [0.1, 0.15) is 11.9 Å². The van der Waals surface area contributed by atoms with Gasteiger partial charge in [0, 0.05) is 19.2 Å². The molecule has 0 amide bonds. The maximum absolute atomic E-state index is 8.78. The molecule has 0 aromatic carbocycles. The van der Waals surface area contributed by atoms with Crippen molar-refractivity contribution in [3.8, 4) is 6.07 Å². The second-order valence-electron chi connectivity index (χ2n) is 3.40. The Hall–Kier alpha value is -2.09. The molecule has 0 bridgehead atoms. The predicted molar refractivity (Wildman–Crippen MR) is 63.4 cm³/mol. The lowest BCUT2D eigenvalue weighted by atomic mass is 10.1. The van der Waals surface area contributed by atoms with Gasteiger partial charge in [0.15, 0.2) is 0 Å². The number of rotatable bonds is 5. The Morgan fingerprint density at radius 3 is 3.00 bits per heavy atom. The fourth-order valence-electron chi connectivity index (χ4n) is 1.36. The minimum atomic E-state index is 0.143. The molecule has 1 rings (SSSR count). The normalized spacial score (nSPS) is 9.50. The lowest BCUT2D eigenvalue weighted by Gasteiger charge is -2.09. The SMILES string of the molecule is CCNc1ncc(C#N)cc1CCC(=N)N. The Labute approximate surface area is 94.8 Å². The average molecular weight is 217 g/mol. The highest BCUT2D eigenvalue weighted by Crippen LogP contribution is 2.15. The average Bonchev–Trinajstić information content (AvgIpc) is 2.28. The van der Waals surface area contributed by atoms with E-state index in [2.05, 4.69) is 10.3 Å². The summed E-state index contributed by atoms with van der Waals surface area (Å²) in [5, 5.41) is 19.1. The Kier molecular flexibility index (Phi) is 4.28. The number of nitrogens with one attached hydrogen (secondary N) is 2. The zero-order chi connectivity index (χ0) is 12.0. The van der Waals surface area contributed by atoms with Crippen LogP contribution in [0.25, 0.3) is 0 Å². The number of anilines is 1. The van der Waals surface area contributed by atoms with Crippen molar-refractivity contribution in [2.75, 3.05) is 11.9 Å². The second-order valence-corrected chi connectivity index (χ2v) is 3.40. The quantitative estimate of drug-likeness (QED) is 0.510. The van der Waals surface area contributed by atoms with Crippen LogP contribution in [-0.2, 0) is 6.42 Å². The number of nitrogens with zero attached hydrogens (tertiary/aromatic N) is 2. The maximum atomic E-state index is 8.78. The molecular formula is C11H15N5. The van der Waals surface area contributed by atoms with E-state index in [9.17, 15) is 0 Å². The van der Waals surface area contributed by atoms with Crippen LogP contribution in [0.5, 0.6) is 0 Å². The molecule has 0 spiro atoms. The Balaban J connectivity index is 2.91. The number of pyridine rings is 1. The fourth-order valence-corrected chi connectivity index (χ4v) is 1.36. The molecule has 0 saturated heterocycles. The molecule has 0 atom stereocenters. The van der Waals surface area contributed by atoms with Crippen LogP contribution in [0, 0.1) is 16.7 Å². The van der Waals surface area contributed by atoms with E-state index in [4.69, 9.17) is 16.4 Å². The summed E-state index contributed by atoms with van der Waals surface area (Å²) in [6.45, 7) is 2.75. The Morgan fingerprint density at radius 2 is 2.44 bits per heavy atom. The van der Waals surface area contributed by atoms with E-state index in [0.717, 1.165) is 17.9 Å². The largest absolute Gasteiger partial charge is 0.388 e. The van der Waals surface area contributed by atoms with Crippen molar-refractivity contribution in [3.63, 3.8) is 0 Å². The van der Waals surface area contributed by atoms with Crippen molar-refractivity contribution in [1.82, 2.24) is 4.98 Å². The summed E-state index contributed by atoms with van der Waals surface area (Å²) >= 11 is 0. The lowest BCUT2D eigenvalue weighted by molar-refractivity contribution is 0.992. The summed E-state index contributed by atoms with van der Waals surface area (Å²) in [6, 6.07) is 3.83. The number of nitriles is 1. The van der Waals surface area contributed by atoms with Gasteiger partial charge in [0.2, 0.25) is 0 Å². The van der Waals surface area contributed by atoms with Crippen molar-refractivity contribution in [3.05, 3.63) is 23.4 Å². The molecule has 0 radical (unpaired) electrons. The van der Waals surface area contributed by atoms with Gasteiger partial charge < -0.3 is 11.1 Å². The summed E-state index contributed by atoms with van der Waals surface area (Å²) in [5.41, 5.74) is 6.77. The van der Waals surface area contributed by atoms with Crippen LogP contribution in [0.15, 0.2) is 12.3 Å². The summed E-state index contributed by atoms with van der Waals surface area (Å²) in [6.07, 6.45) is 2.64. The molecule has 4 N–H and O–H groups in total. The molecule has 1 aromatic rings. The summed E-state index contributed by atoms with van der Waals surface area (Å²) in [4.78, 5) is 4.17. The van der Waals surface area contributed by atoms with Crippen LogP contribution in [0.3, 0.4) is 0 Å². The molecule has 0 unspecified atom stereocenters. The first-order valence-electron chi connectivity index (χ1n) is 5.13. The maximum Gasteiger partial charge on any atom is 0.129 e. The highest BCUT2D eigenvalue weighted by atomic mass is 15.0.